The third-order valence-electron chi connectivity index (χ3n) is 1.19. The maximum atomic E-state index is 6.82. The first-order valence-electron chi connectivity index (χ1n) is 2.94. The molecule has 0 atom stereocenters. The minimum absolute atomic E-state index is 0.817. The van der Waals surface area contributed by atoms with Gasteiger partial charge in [0, 0.05) is 0 Å². The van der Waals surface area contributed by atoms with E-state index in [9.17, 15) is 0 Å². The number of nitrogens with two attached hydrogens (primary N) is 1. The molecule has 10 heavy (non-hydrogen) atoms. The van der Waals surface area contributed by atoms with Gasteiger partial charge in [-0.15, -0.1) is 0 Å². The van der Waals surface area contributed by atoms with Crippen LogP contribution in [-0.2, 0) is 0 Å². The molecule has 3 N–H and O–H groups in total. The number of anilines is 1. The van der Waals surface area contributed by atoms with Gasteiger partial charge in [-0.3, -0.25) is 10.4 Å². The SMILES string of the molecule is N=CN(N)c1ccccc1. The Hall–Kier alpha value is -1.35. The van der Waals surface area contributed by atoms with Crippen LogP contribution in [0.1, 0.15) is 0 Å². The van der Waals surface area contributed by atoms with Crippen molar-refractivity contribution in [1.29, 1.82) is 5.41 Å². The van der Waals surface area contributed by atoms with E-state index in [1.165, 1.54) is 5.01 Å². The number of hydrogen-bond acceptors (Lipinski definition) is 2. The van der Waals surface area contributed by atoms with E-state index in [1.807, 2.05) is 30.3 Å². The van der Waals surface area contributed by atoms with Crippen LogP contribution in [0.5, 0.6) is 0 Å². The summed E-state index contributed by atoms with van der Waals surface area (Å²) in [5, 5.41) is 8.07. The molecule has 0 unspecified atom stereocenters. The summed E-state index contributed by atoms with van der Waals surface area (Å²) in [6.45, 7) is 0. The number of para-hydroxylation sites is 1. The van der Waals surface area contributed by atoms with Gasteiger partial charge in [-0.05, 0) is 12.1 Å². The smallest absolute Gasteiger partial charge is 0.101 e. The van der Waals surface area contributed by atoms with Gasteiger partial charge in [-0.25, -0.2) is 5.84 Å². The molecule has 3 nitrogen and oxygen atoms in total. The van der Waals surface area contributed by atoms with Crippen molar-refractivity contribution in [2.45, 2.75) is 0 Å². The number of nitrogens with zero attached hydrogens (tertiary/aromatic N) is 1. The van der Waals surface area contributed by atoms with E-state index in [4.69, 9.17) is 11.3 Å². The first-order chi connectivity index (χ1) is 4.84. The predicted octanol–water partition coefficient (Wildman–Crippen LogP) is 0.974. The Morgan fingerprint density at radius 1 is 1.30 bits per heavy atom. The zero-order valence-electron chi connectivity index (χ0n) is 5.49. The van der Waals surface area contributed by atoms with E-state index in [0.717, 1.165) is 12.0 Å². The Morgan fingerprint density at radius 3 is 2.40 bits per heavy atom. The first-order valence-corrected chi connectivity index (χ1v) is 2.94. The highest BCUT2D eigenvalue weighted by Gasteiger charge is 1.92. The normalized spacial score (nSPS) is 8.90. The van der Waals surface area contributed by atoms with Gasteiger partial charge in [0.15, 0.2) is 0 Å². The maximum absolute atomic E-state index is 6.82. The van der Waals surface area contributed by atoms with Crippen LogP contribution in [0.3, 0.4) is 0 Å². The molecule has 52 valence electrons. The Labute approximate surface area is 59.6 Å². The van der Waals surface area contributed by atoms with Crippen LogP contribution in [0.2, 0.25) is 0 Å². The molecule has 0 amide bonds. The lowest BCUT2D eigenvalue weighted by atomic mass is 10.3. The van der Waals surface area contributed by atoms with E-state index in [2.05, 4.69) is 0 Å². The highest BCUT2D eigenvalue weighted by molar-refractivity contribution is 5.74. The third kappa shape index (κ3) is 1.33. The second-order valence-corrected chi connectivity index (χ2v) is 1.87. The molecule has 1 aromatic carbocycles. The van der Waals surface area contributed by atoms with Crippen LogP contribution in [0.4, 0.5) is 5.69 Å². The molecule has 0 bridgehead atoms. The number of benzene rings is 1. The Balaban J connectivity index is 2.84. The Kier molecular flexibility index (Phi) is 2.02. The van der Waals surface area contributed by atoms with E-state index >= 15 is 0 Å². The second kappa shape index (κ2) is 2.98. The van der Waals surface area contributed by atoms with Gasteiger partial charge >= 0.3 is 0 Å². The predicted molar refractivity (Wildman–Crippen MR) is 41.9 cm³/mol. The minimum Gasteiger partial charge on any atom is -0.290 e. The van der Waals surface area contributed by atoms with Crippen molar-refractivity contribution in [3.05, 3.63) is 30.3 Å². The monoisotopic (exact) mass is 135 g/mol. The Morgan fingerprint density at radius 2 is 1.90 bits per heavy atom. The zero-order chi connectivity index (χ0) is 7.40. The number of hydrogen-bond donors (Lipinski definition) is 2. The maximum Gasteiger partial charge on any atom is 0.101 e. The van der Waals surface area contributed by atoms with Crippen LogP contribution in [-0.4, -0.2) is 6.34 Å². The van der Waals surface area contributed by atoms with Crippen molar-refractivity contribution in [2.24, 2.45) is 5.84 Å². The molecule has 0 radical (unpaired) electrons. The summed E-state index contributed by atoms with van der Waals surface area (Å²) in [4.78, 5) is 0. The van der Waals surface area contributed by atoms with Gasteiger partial charge in [0.1, 0.15) is 6.34 Å². The number of hydrazine groups is 1. The largest absolute Gasteiger partial charge is 0.290 e. The van der Waals surface area contributed by atoms with Crippen LogP contribution in [0.25, 0.3) is 0 Å². The van der Waals surface area contributed by atoms with Crippen molar-refractivity contribution in [3.63, 3.8) is 0 Å². The van der Waals surface area contributed by atoms with Crippen molar-refractivity contribution >= 4 is 12.0 Å². The standard InChI is InChI=1S/C7H9N3/c8-6-10(9)7-4-2-1-3-5-7/h1-6,8H,9H2. The lowest BCUT2D eigenvalue weighted by Crippen LogP contribution is -2.28. The van der Waals surface area contributed by atoms with Gasteiger partial charge in [-0.2, -0.15) is 0 Å². The van der Waals surface area contributed by atoms with Gasteiger partial charge in [0.05, 0.1) is 5.69 Å². The van der Waals surface area contributed by atoms with Gasteiger partial charge in [0.25, 0.3) is 0 Å². The average molecular weight is 135 g/mol. The third-order valence-corrected chi connectivity index (χ3v) is 1.19. The summed E-state index contributed by atoms with van der Waals surface area (Å²) in [5.41, 5.74) is 0.817. The highest BCUT2D eigenvalue weighted by atomic mass is 15.4. The summed E-state index contributed by atoms with van der Waals surface area (Å²) < 4.78 is 0. The number of rotatable bonds is 2. The molecule has 0 aliphatic rings. The summed E-state index contributed by atoms with van der Waals surface area (Å²) in [6.07, 6.45) is 1.06. The molecular formula is C7H9N3. The van der Waals surface area contributed by atoms with Gasteiger partial charge in [-0.1, -0.05) is 18.2 Å². The molecule has 0 fully saturated rings. The van der Waals surface area contributed by atoms with E-state index in [0.29, 0.717) is 0 Å². The molecule has 0 heterocycles. The fourth-order valence-corrected chi connectivity index (χ4v) is 0.675. The van der Waals surface area contributed by atoms with Crippen molar-refractivity contribution in [1.82, 2.24) is 0 Å². The van der Waals surface area contributed by atoms with E-state index in [1.54, 1.807) is 0 Å². The van der Waals surface area contributed by atoms with E-state index < -0.39 is 0 Å². The first kappa shape index (κ1) is 6.77. The minimum atomic E-state index is 0.817. The summed E-state index contributed by atoms with van der Waals surface area (Å²) in [5.74, 6) is 5.38. The van der Waals surface area contributed by atoms with Crippen LogP contribution in [0.15, 0.2) is 30.3 Å². The van der Waals surface area contributed by atoms with Gasteiger partial charge < -0.3 is 0 Å². The molecule has 1 aromatic rings. The quantitative estimate of drug-likeness (QED) is 0.275. The van der Waals surface area contributed by atoms with Crippen LogP contribution in [0, 0.1) is 5.41 Å². The second-order valence-electron chi connectivity index (χ2n) is 1.87. The summed E-state index contributed by atoms with van der Waals surface area (Å²) >= 11 is 0. The average Bonchev–Trinajstić information content (AvgIpc) is 2.05. The number of nitrogens with one attached hydrogen (secondary N) is 1. The molecule has 0 aromatic heterocycles. The fraction of sp³-hybridized carbons (Fsp3) is 0. The summed E-state index contributed by atoms with van der Waals surface area (Å²) in [6, 6.07) is 9.33. The van der Waals surface area contributed by atoms with Gasteiger partial charge in [0.2, 0.25) is 0 Å². The molecule has 3 heteroatoms. The molecule has 0 aliphatic carbocycles. The van der Waals surface area contributed by atoms with Crippen molar-refractivity contribution in [3.8, 4) is 0 Å². The lowest BCUT2D eigenvalue weighted by molar-refractivity contribution is 1.14. The van der Waals surface area contributed by atoms with Crippen LogP contribution < -0.4 is 10.9 Å². The molecule has 0 spiro atoms. The highest BCUT2D eigenvalue weighted by Crippen LogP contribution is 2.06. The molecule has 1 rings (SSSR count). The van der Waals surface area contributed by atoms with Crippen molar-refractivity contribution in [2.75, 3.05) is 5.01 Å². The molecule has 0 aliphatic heterocycles. The van der Waals surface area contributed by atoms with E-state index in [-0.39, 0.29) is 0 Å². The van der Waals surface area contributed by atoms with Crippen LogP contribution >= 0.6 is 0 Å². The lowest BCUT2D eigenvalue weighted by Gasteiger charge is -2.09. The topological polar surface area (TPSA) is 53.1 Å². The molecular weight excluding hydrogens is 126 g/mol. The fourth-order valence-electron chi connectivity index (χ4n) is 0.675. The molecule has 0 saturated heterocycles. The summed E-state index contributed by atoms with van der Waals surface area (Å²) in [7, 11) is 0. The molecule has 0 saturated carbocycles. The zero-order valence-corrected chi connectivity index (χ0v) is 5.49. The Bertz CT molecular complexity index is 207. The van der Waals surface area contributed by atoms with Crippen molar-refractivity contribution < 1.29 is 0 Å².